The molecule has 4 aromatic rings. The zero-order valence-electron chi connectivity index (χ0n) is 14.0. The van der Waals surface area contributed by atoms with Crippen molar-refractivity contribution in [2.24, 2.45) is 5.10 Å². The van der Waals surface area contributed by atoms with E-state index in [-0.39, 0.29) is 5.82 Å². The van der Waals surface area contributed by atoms with Gasteiger partial charge in [-0.1, -0.05) is 42.5 Å². The van der Waals surface area contributed by atoms with Crippen LogP contribution in [0.1, 0.15) is 11.4 Å². The van der Waals surface area contributed by atoms with Gasteiger partial charge in [0.15, 0.2) is 0 Å². The molecule has 0 radical (unpaired) electrons. The van der Waals surface area contributed by atoms with Gasteiger partial charge in [0.25, 0.3) is 0 Å². The summed E-state index contributed by atoms with van der Waals surface area (Å²) in [5.41, 5.74) is 7.51. The summed E-state index contributed by atoms with van der Waals surface area (Å²) in [6, 6.07) is 24.0. The number of hydrogen-bond acceptors (Lipinski definition) is 3. The molecule has 0 aliphatic rings. The molecule has 0 amide bonds. The summed E-state index contributed by atoms with van der Waals surface area (Å²) in [6.45, 7) is 0. The van der Waals surface area contributed by atoms with E-state index in [0.717, 1.165) is 33.8 Å². The predicted molar refractivity (Wildman–Crippen MR) is 103 cm³/mol. The average molecular weight is 344 g/mol. The van der Waals surface area contributed by atoms with Crippen LogP contribution in [-0.2, 0) is 6.42 Å². The number of hydrogen-bond donors (Lipinski definition) is 2. The second-order valence-corrected chi connectivity index (χ2v) is 5.92. The summed E-state index contributed by atoms with van der Waals surface area (Å²) in [5, 5.41) is 4.54. The van der Waals surface area contributed by atoms with Gasteiger partial charge in [-0.05, 0) is 42.0 Å². The highest BCUT2D eigenvalue weighted by Crippen LogP contribution is 2.14. The number of aromatic amines is 1. The van der Waals surface area contributed by atoms with Crippen LogP contribution >= 0.6 is 0 Å². The number of benzene rings is 3. The molecule has 5 heteroatoms. The molecule has 0 aliphatic carbocycles. The highest BCUT2D eigenvalue weighted by atomic mass is 19.1. The first-order valence-electron chi connectivity index (χ1n) is 8.35. The third-order valence-corrected chi connectivity index (χ3v) is 4.04. The van der Waals surface area contributed by atoms with Crippen molar-refractivity contribution >= 4 is 22.4 Å². The van der Waals surface area contributed by atoms with Crippen molar-refractivity contribution in [1.82, 2.24) is 9.97 Å². The summed E-state index contributed by atoms with van der Waals surface area (Å²) in [5.74, 6) is 0.569. The van der Waals surface area contributed by atoms with Gasteiger partial charge in [0.05, 0.1) is 28.9 Å². The van der Waals surface area contributed by atoms with Gasteiger partial charge in [-0.3, -0.25) is 5.43 Å². The molecule has 0 saturated carbocycles. The van der Waals surface area contributed by atoms with Crippen molar-refractivity contribution in [2.45, 2.75) is 6.42 Å². The molecular formula is C21H17FN4. The lowest BCUT2D eigenvalue weighted by Gasteiger charge is -2.07. The molecule has 2 N–H and O–H groups in total. The maximum absolute atomic E-state index is 13.1. The number of aromatic nitrogens is 2. The fourth-order valence-corrected chi connectivity index (χ4v) is 2.74. The zero-order valence-corrected chi connectivity index (χ0v) is 14.0. The van der Waals surface area contributed by atoms with Gasteiger partial charge in [0.1, 0.15) is 11.6 Å². The molecule has 0 fully saturated rings. The number of nitrogens with zero attached hydrogens (tertiary/aromatic N) is 2. The van der Waals surface area contributed by atoms with Crippen molar-refractivity contribution < 1.29 is 4.39 Å². The lowest BCUT2D eigenvalue weighted by Crippen LogP contribution is -2.09. The standard InChI is InChI=1S/C21H17FN4/c22-16-10-12-17(13-11-16)25-26-20(15-6-2-1-3-7-15)14-21-23-18-8-4-5-9-19(18)24-21/h1-13,25H,14H2,(H,23,24)/b26-20-. The summed E-state index contributed by atoms with van der Waals surface area (Å²) >= 11 is 0. The topological polar surface area (TPSA) is 53.1 Å². The molecular weight excluding hydrogens is 327 g/mol. The molecule has 4 rings (SSSR count). The quantitative estimate of drug-likeness (QED) is 0.405. The Hall–Kier alpha value is -3.47. The Morgan fingerprint density at radius 2 is 1.65 bits per heavy atom. The van der Waals surface area contributed by atoms with Crippen LogP contribution < -0.4 is 5.43 Å². The van der Waals surface area contributed by atoms with Gasteiger partial charge < -0.3 is 4.98 Å². The van der Waals surface area contributed by atoms with E-state index in [4.69, 9.17) is 0 Å². The van der Waals surface area contributed by atoms with Crippen LogP contribution in [0.5, 0.6) is 0 Å². The lowest BCUT2D eigenvalue weighted by atomic mass is 10.1. The van der Waals surface area contributed by atoms with E-state index >= 15 is 0 Å². The highest BCUT2D eigenvalue weighted by molar-refractivity contribution is 6.02. The number of nitrogens with one attached hydrogen (secondary N) is 2. The second-order valence-electron chi connectivity index (χ2n) is 5.92. The maximum Gasteiger partial charge on any atom is 0.123 e. The molecule has 1 aromatic heterocycles. The van der Waals surface area contributed by atoms with E-state index in [1.807, 2.05) is 54.6 Å². The van der Waals surface area contributed by atoms with Crippen molar-refractivity contribution in [1.29, 1.82) is 0 Å². The number of imidazole rings is 1. The van der Waals surface area contributed by atoms with E-state index in [1.165, 1.54) is 12.1 Å². The molecule has 0 atom stereocenters. The zero-order chi connectivity index (χ0) is 17.8. The average Bonchev–Trinajstić information content (AvgIpc) is 3.09. The number of fused-ring (bicyclic) bond motifs is 1. The van der Waals surface area contributed by atoms with Crippen LogP contribution in [0, 0.1) is 5.82 Å². The van der Waals surface area contributed by atoms with Crippen LogP contribution in [0.2, 0.25) is 0 Å². The van der Waals surface area contributed by atoms with Crippen molar-refractivity contribution in [3.8, 4) is 0 Å². The van der Waals surface area contributed by atoms with Crippen molar-refractivity contribution in [3.63, 3.8) is 0 Å². The smallest absolute Gasteiger partial charge is 0.123 e. The van der Waals surface area contributed by atoms with Crippen molar-refractivity contribution in [2.75, 3.05) is 5.43 Å². The fourth-order valence-electron chi connectivity index (χ4n) is 2.74. The van der Waals surface area contributed by atoms with Gasteiger partial charge in [0, 0.05) is 0 Å². The van der Waals surface area contributed by atoms with Gasteiger partial charge >= 0.3 is 0 Å². The largest absolute Gasteiger partial charge is 0.342 e. The second kappa shape index (κ2) is 7.19. The van der Waals surface area contributed by atoms with Gasteiger partial charge in [0.2, 0.25) is 0 Å². The molecule has 1 heterocycles. The molecule has 0 spiro atoms. The van der Waals surface area contributed by atoms with Crippen LogP contribution in [0.25, 0.3) is 11.0 Å². The summed E-state index contributed by atoms with van der Waals surface area (Å²) in [7, 11) is 0. The van der Waals surface area contributed by atoms with E-state index in [9.17, 15) is 4.39 Å². The number of H-pyrrole nitrogens is 1. The summed E-state index contributed by atoms with van der Waals surface area (Å²) in [6.07, 6.45) is 0.549. The normalized spacial score (nSPS) is 11.7. The van der Waals surface area contributed by atoms with Crippen LogP contribution in [0.4, 0.5) is 10.1 Å². The fraction of sp³-hybridized carbons (Fsp3) is 0.0476. The van der Waals surface area contributed by atoms with Crippen LogP contribution in [-0.4, -0.2) is 15.7 Å². The Balaban J connectivity index is 1.64. The molecule has 0 unspecified atom stereocenters. The van der Waals surface area contributed by atoms with Crippen LogP contribution in [0.3, 0.4) is 0 Å². The first kappa shape index (κ1) is 16.0. The number of rotatable bonds is 5. The molecule has 4 nitrogen and oxygen atoms in total. The lowest BCUT2D eigenvalue weighted by molar-refractivity contribution is 0.628. The number of anilines is 1. The van der Waals surface area contributed by atoms with E-state index < -0.39 is 0 Å². The van der Waals surface area contributed by atoms with Gasteiger partial charge in [-0.2, -0.15) is 5.10 Å². The van der Waals surface area contributed by atoms with Gasteiger partial charge in [-0.15, -0.1) is 0 Å². The van der Waals surface area contributed by atoms with Crippen LogP contribution in [0.15, 0.2) is 84.0 Å². The minimum Gasteiger partial charge on any atom is -0.342 e. The number of para-hydroxylation sites is 2. The van der Waals surface area contributed by atoms with Gasteiger partial charge in [-0.25, -0.2) is 9.37 Å². The molecule has 0 bridgehead atoms. The first-order chi connectivity index (χ1) is 12.8. The minimum absolute atomic E-state index is 0.273. The van der Waals surface area contributed by atoms with Crippen molar-refractivity contribution in [3.05, 3.63) is 96.1 Å². The summed E-state index contributed by atoms with van der Waals surface area (Å²) < 4.78 is 13.1. The molecule has 26 heavy (non-hydrogen) atoms. The SMILES string of the molecule is Fc1ccc(N/N=C(/Cc2nc3ccccc3[nH]2)c2ccccc2)cc1. The molecule has 3 aromatic carbocycles. The summed E-state index contributed by atoms with van der Waals surface area (Å²) in [4.78, 5) is 7.96. The van der Waals surface area contributed by atoms with E-state index in [2.05, 4.69) is 20.5 Å². The molecule has 0 aliphatic heterocycles. The highest BCUT2D eigenvalue weighted by Gasteiger charge is 2.09. The Morgan fingerprint density at radius 1 is 0.923 bits per heavy atom. The predicted octanol–water partition coefficient (Wildman–Crippen LogP) is 4.76. The molecule has 0 saturated heterocycles. The third kappa shape index (κ3) is 3.62. The minimum atomic E-state index is -0.273. The first-order valence-corrected chi connectivity index (χ1v) is 8.35. The Morgan fingerprint density at radius 3 is 2.42 bits per heavy atom. The van der Waals surface area contributed by atoms with E-state index in [1.54, 1.807) is 12.1 Å². The third-order valence-electron chi connectivity index (χ3n) is 4.04. The number of halogens is 1. The monoisotopic (exact) mass is 344 g/mol. The molecule has 128 valence electrons. The Kier molecular flexibility index (Phi) is 4.43. The number of hydrazone groups is 1. The Labute approximate surface area is 150 Å². The maximum atomic E-state index is 13.1. The van der Waals surface area contributed by atoms with E-state index in [0.29, 0.717) is 6.42 Å². The Bertz CT molecular complexity index is 1000.